The lowest BCUT2D eigenvalue weighted by Gasteiger charge is -2.39. The SMILES string of the molecule is CCOC(=O)C1(N)CCC(C)(C)CC1. The van der Waals surface area contributed by atoms with E-state index >= 15 is 0 Å². The molecule has 0 aliphatic heterocycles. The van der Waals surface area contributed by atoms with E-state index in [4.69, 9.17) is 10.5 Å². The van der Waals surface area contributed by atoms with E-state index in [2.05, 4.69) is 13.8 Å². The Morgan fingerprint density at radius 3 is 2.21 bits per heavy atom. The standard InChI is InChI=1S/C11H21NO2/c1-4-14-9(13)11(12)7-5-10(2,3)6-8-11/h4-8,12H2,1-3H3. The Bertz CT molecular complexity index is 213. The van der Waals surface area contributed by atoms with Crippen LogP contribution >= 0.6 is 0 Å². The quantitative estimate of drug-likeness (QED) is 0.690. The van der Waals surface area contributed by atoms with E-state index in [1.165, 1.54) is 0 Å². The zero-order valence-corrected chi connectivity index (χ0v) is 9.43. The second-order valence-corrected chi connectivity index (χ2v) is 5.04. The van der Waals surface area contributed by atoms with Gasteiger partial charge in [-0.15, -0.1) is 0 Å². The molecule has 3 nitrogen and oxygen atoms in total. The van der Waals surface area contributed by atoms with Gasteiger partial charge in [-0.1, -0.05) is 13.8 Å². The maximum atomic E-state index is 11.6. The number of carbonyl (C=O) groups is 1. The van der Waals surface area contributed by atoms with Gasteiger partial charge in [-0.25, -0.2) is 0 Å². The summed E-state index contributed by atoms with van der Waals surface area (Å²) in [4.78, 5) is 11.6. The first-order valence-electron chi connectivity index (χ1n) is 5.36. The van der Waals surface area contributed by atoms with Gasteiger partial charge in [0.05, 0.1) is 6.61 Å². The fraction of sp³-hybridized carbons (Fsp3) is 0.909. The number of nitrogens with two attached hydrogens (primary N) is 1. The van der Waals surface area contributed by atoms with Crippen LogP contribution < -0.4 is 5.73 Å². The van der Waals surface area contributed by atoms with Gasteiger partial charge in [-0.3, -0.25) is 4.79 Å². The lowest BCUT2D eigenvalue weighted by Crippen LogP contribution is -2.52. The molecule has 1 aliphatic carbocycles. The van der Waals surface area contributed by atoms with Gasteiger partial charge < -0.3 is 10.5 Å². The number of hydrogen-bond acceptors (Lipinski definition) is 3. The molecule has 0 bridgehead atoms. The van der Waals surface area contributed by atoms with Gasteiger partial charge in [0.15, 0.2) is 0 Å². The molecule has 2 N–H and O–H groups in total. The Morgan fingerprint density at radius 1 is 1.29 bits per heavy atom. The predicted octanol–water partition coefficient (Wildman–Crippen LogP) is 1.85. The minimum atomic E-state index is -0.717. The highest BCUT2D eigenvalue weighted by atomic mass is 16.5. The second-order valence-electron chi connectivity index (χ2n) is 5.04. The molecule has 0 heterocycles. The minimum absolute atomic E-state index is 0.226. The van der Waals surface area contributed by atoms with Crippen molar-refractivity contribution in [3.05, 3.63) is 0 Å². The highest BCUT2D eigenvalue weighted by molar-refractivity contribution is 5.80. The van der Waals surface area contributed by atoms with Crippen molar-refractivity contribution in [1.29, 1.82) is 0 Å². The predicted molar refractivity (Wildman–Crippen MR) is 55.8 cm³/mol. The maximum Gasteiger partial charge on any atom is 0.326 e. The zero-order valence-electron chi connectivity index (χ0n) is 9.43. The fourth-order valence-electron chi connectivity index (χ4n) is 1.85. The molecule has 1 rings (SSSR count). The molecule has 0 radical (unpaired) electrons. The van der Waals surface area contributed by atoms with Gasteiger partial charge in [0.1, 0.15) is 5.54 Å². The average Bonchev–Trinajstić information content (AvgIpc) is 2.11. The van der Waals surface area contributed by atoms with E-state index in [-0.39, 0.29) is 5.97 Å². The normalized spacial score (nSPS) is 24.3. The topological polar surface area (TPSA) is 52.3 Å². The molecule has 0 spiro atoms. The van der Waals surface area contributed by atoms with Crippen LogP contribution in [0.4, 0.5) is 0 Å². The van der Waals surface area contributed by atoms with Crippen LogP contribution in [0.5, 0.6) is 0 Å². The largest absolute Gasteiger partial charge is 0.465 e. The third kappa shape index (κ3) is 2.47. The molecule has 3 heteroatoms. The van der Waals surface area contributed by atoms with Crippen molar-refractivity contribution in [2.24, 2.45) is 11.1 Å². The zero-order chi connectivity index (χ0) is 10.8. The van der Waals surface area contributed by atoms with Gasteiger partial charge in [-0.2, -0.15) is 0 Å². The van der Waals surface area contributed by atoms with Crippen molar-refractivity contribution in [2.45, 2.75) is 52.0 Å². The summed E-state index contributed by atoms with van der Waals surface area (Å²) in [5.74, 6) is -0.226. The van der Waals surface area contributed by atoms with Crippen molar-refractivity contribution < 1.29 is 9.53 Å². The van der Waals surface area contributed by atoms with Crippen molar-refractivity contribution in [3.8, 4) is 0 Å². The van der Waals surface area contributed by atoms with Crippen LogP contribution in [0, 0.1) is 5.41 Å². The van der Waals surface area contributed by atoms with Gasteiger partial charge >= 0.3 is 5.97 Å². The molecule has 1 aliphatic rings. The molecule has 0 atom stereocenters. The summed E-state index contributed by atoms with van der Waals surface area (Å²) >= 11 is 0. The lowest BCUT2D eigenvalue weighted by atomic mass is 9.70. The molecule has 0 saturated heterocycles. The Hall–Kier alpha value is -0.570. The van der Waals surface area contributed by atoms with E-state index in [1.807, 2.05) is 6.92 Å². The molecule has 0 aromatic heterocycles. The Morgan fingerprint density at radius 2 is 1.79 bits per heavy atom. The summed E-state index contributed by atoms with van der Waals surface area (Å²) in [7, 11) is 0. The Labute approximate surface area is 86.0 Å². The first-order valence-corrected chi connectivity index (χ1v) is 5.36. The molecule has 1 saturated carbocycles. The van der Waals surface area contributed by atoms with Crippen LogP contribution in [-0.4, -0.2) is 18.1 Å². The highest BCUT2D eigenvalue weighted by Gasteiger charge is 2.41. The van der Waals surface area contributed by atoms with Crippen LogP contribution in [-0.2, 0) is 9.53 Å². The van der Waals surface area contributed by atoms with Crippen molar-refractivity contribution >= 4 is 5.97 Å². The van der Waals surface area contributed by atoms with Crippen LogP contribution in [0.3, 0.4) is 0 Å². The van der Waals surface area contributed by atoms with Gasteiger partial charge in [-0.05, 0) is 38.0 Å². The fourth-order valence-corrected chi connectivity index (χ4v) is 1.85. The van der Waals surface area contributed by atoms with Crippen LogP contribution in [0.2, 0.25) is 0 Å². The van der Waals surface area contributed by atoms with E-state index in [0.717, 1.165) is 25.7 Å². The van der Waals surface area contributed by atoms with Crippen molar-refractivity contribution in [3.63, 3.8) is 0 Å². The summed E-state index contributed by atoms with van der Waals surface area (Å²) in [6.07, 6.45) is 3.50. The number of hydrogen-bond donors (Lipinski definition) is 1. The molecule has 0 unspecified atom stereocenters. The van der Waals surface area contributed by atoms with Crippen LogP contribution in [0.1, 0.15) is 46.5 Å². The minimum Gasteiger partial charge on any atom is -0.465 e. The van der Waals surface area contributed by atoms with E-state index < -0.39 is 5.54 Å². The van der Waals surface area contributed by atoms with Crippen molar-refractivity contribution in [2.75, 3.05) is 6.61 Å². The first-order chi connectivity index (χ1) is 6.40. The highest BCUT2D eigenvalue weighted by Crippen LogP contribution is 2.39. The van der Waals surface area contributed by atoms with E-state index in [1.54, 1.807) is 0 Å². The summed E-state index contributed by atoms with van der Waals surface area (Å²) in [5, 5.41) is 0. The van der Waals surface area contributed by atoms with E-state index in [0.29, 0.717) is 12.0 Å². The smallest absolute Gasteiger partial charge is 0.326 e. The maximum absolute atomic E-state index is 11.6. The summed E-state index contributed by atoms with van der Waals surface area (Å²) in [6.45, 7) is 6.67. The average molecular weight is 199 g/mol. The summed E-state index contributed by atoms with van der Waals surface area (Å²) in [6, 6.07) is 0. The Kier molecular flexibility index (Phi) is 3.20. The molecule has 0 aromatic rings. The number of carbonyl (C=O) groups excluding carboxylic acids is 1. The van der Waals surface area contributed by atoms with Gasteiger partial charge in [0, 0.05) is 0 Å². The summed E-state index contributed by atoms with van der Waals surface area (Å²) < 4.78 is 4.99. The first kappa shape index (κ1) is 11.5. The van der Waals surface area contributed by atoms with Crippen LogP contribution in [0.15, 0.2) is 0 Å². The van der Waals surface area contributed by atoms with Gasteiger partial charge in [0.25, 0.3) is 0 Å². The number of ether oxygens (including phenoxy) is 1. The molecule has 1 fully saturated rings. The van der Waals surface area contributed by atoms with Crippen molar-refractivity contribution in [1.82, 2.24) is 0 Å². The Balaban J connectivity index is 2.57. The lowest BCUT2D eigenvalue weighted by molar-refractivity contribution is -0.151. The number of esters is 1. The molecule has 82 valence electrons. The molecule has 0 amide bonds. The second kappa shape index (κ2) is 3.89. The number of rotatable bonds is 2. The van der Waals surface area contributed by atoms with Crippen LogP contribution in [0.25, 0.3) is 0 Å². The third-order valence-corrected chi connectivity index (χ3v) is 3.18. The monoisotopic (exact) mass is 199 g/mol. The molecular formula is C11H21NO2. The molecule has 14 heavy (non-hydrogen) atoms. The molecule has 0 aromatic carbocycles. The molecular weight excluding hydrogens is 178 g/mol. The van der Waals surface area contributed by atoms with Gasteiger partial charge in [0.2, 0.25) is 0 Å². The third-order valence-electron chi connectivity index (χ3n) is 3.18. The summed E-state index contributed by atoms with van der Waals surface area (Å²) in [5.41, 5.74) is 5.65. The van der Waals surface area contributed by atoms with E-state index in [9.17, 15) is 4.79 Å².